The number of nitrogens with one attached hydrogen (secondary N) is 4. The molecule has 15 heteroatoms. The minimum Gasteiger partial charge on any atom is -0.508 e. The van der Waals surface area contributed by atoms with Crippen LogP contribution < -0.4 is 33.2 Å². The summed E-state index contributed by atoms with van der Waals surface area (Å²) in [4.78, 5) is 68.8. The Hall–Kier alpha value is -4.50. The molecule has 0 radical (unpaired) electrons. The number of carboxylic acids is 1. The van der Waals surface area contributed by atoms with Crippen LogP contribution in [0.25, 0.3) is 0 Å². The highest BCUT2D eigenvalue weighted by molar-refractivity contribution is 5.95. The van der Waals surface area contributed by atoms with Crippen molar-refractivity contribution in [3.05, 3.63) is 48.0 Å². The van der Waals surface area contributed by atoms with Crippen molar-refractivity contribution in [1.29, 1.82) is 0 Å². The Kier molecular flexibility index (Phi) is 12.5. The smallest absolute Gasteiger partial charge is 0.326 e. The third-order valence-electron chi connectivity index (χ3n) is 5.95. The molecule has 0 saturated carbocycles. The van der Waals surface area contributed by atoms with Crippen LogP contribution in [0.4, 0.5) is 0 Å². The fraction of sp³-hybridized carbons (Fsp3) is 0.440. The lowest BCUT2D eigenvalue weighted by atomic mass is 10.0. The summed E-state index contributed by atoms with van der Waals surface area (Å²) in [5.41, 5.74) is 17.6. The highest BCUT2D eigenvalue weighted by Crippen LogP contribution is 2.12. The molecule has 218 valence electrons. The molecule has 0 bridgehead atoms. The minimum absolute atomic E-state index is 0.00873. The maximum Gasteiger partial charge on any atom is 0.326 e. The predicted octanol–water partition coefficient (Wildman–Crippen LogP) is -2.23. The van der Waals surface area contributed by atoms with Gasteiger partial charge in [-0.1, -0.05) is 18.6 Å². The average molecular weight is 561 g/mol. The van der Waals surface area contributed by atoms with Crippen LogP contribution in [0.2, 0.25) is 0 Å². The second kappa shape index (κ2) is 15.8. The van der Waals surface area contributed by atoms with Gasteiger partial charge < -0.3 is 48.3 Å². The van der Waals surface area contributed by atoms with Gasteiger partial charge in [-0.15, -0.1) is 0 Å². The van der Waals surface area contributed by atoms with Crippen molar-refractivity contribution in [3.8, 4) is 5.75 Å². The third-order valence-corrected chi connectivity index (χ3v) is 5.95. The zero-order chi connectivity index (χ0) is 29.7. The van der Waals surface area contributed by atoms with Gasteiger partial charge in [-0.25, -0.2) is 9.78 Å². The first-order valence-corrected chi connectivity index (χ1v) is 12.6. The summed E-state index contributed by atoms with van der Waals surface area (Å²) in [5.74, 6) is -4.66. The Morgan fingerprint density at radius 1 is 0.900 bits per heavy atom. The molecule has 0 aliphatic heterocycles. The zero-order valence-electron chi connectivity index (χ0n) is 21.8. The van der Waals surface area contributed by atoms with Crippen molar-refractivity contribution in [2.45, 2.75) is 62.7 Å². The van der Waals surface area contributed by atoms with E-state index in [9.17, 15) is 34.2 Å². The summed E-state index contributed by atoms with van der Waals surface area (Å²) in [5, 5.41) is 26.4. The Morgan fingerprint density at radius 3 is 2.05 bits per heavy atom. The second-order valence-corrected chi connectivity index (χ2v) is 9.23. The quantitative estimate of drug-likeness (QED) is 0.0939. The standard InChI is InChI=1S/C25H36N8O7/c26-8-2-1-3-17(27)22(36)31-18(9-14-4-6-16(34)7-5-14)23(37)32-19(10-15-12-29-13-30-15)24(38)33-20(25(39)40)11-21(28)35/h4-7,12-13,17-20,34H,1-3,8-11,26-27H2,(H2,28,35)(H,29,30)(H,31,36)(H,32,37)(H,33,38)(H,39,40). The highest BCUT2D eigenvalue weighted by Gasteiger charge is 2.31. The van der Waals surface area contributed by atoms with Gasteiger partial charge in [-0.3, -0.25) is 19.2 Å². The number of phenolic OH excluding ortho intramolecular Hbond substituents is 1. The molecule has 0 fully saturated rings. The third kappa shape index (κ3) is 10.7. The van der Waals surface area contributed by atoms with E-state index in [0.29, 0.717) is 37.1 Å². The first-order chi connectivity index (χ1) is 19.0. The van der Waals surface area contributed by atoms with Crippen LogP contribution in [-0.4, -0.2) is 80.5 Å². The molecular weight excluding hydrogens is 524 g/mol. The molecule has 4 amide bonds. The number of aromatic nitrogens is 2. The number of carbonyl (C=O) groups excluding carboxylic acids is 4. The number of carbonyl (C=O) groups is 5. The number of aliphatic carboxylic acids is 1. The number of primary amides is 1. The van der Waals surface area contributed by atoms with E-state index in [1.54, 1.807) is 12.1 Å². The first kappa shape index (κ1) is 31.7. The largest absolute Gasteiger partial charge is 0.508 e. The predicted molar refractivity (Wildman–Crippen MR) is 142 cm³/mol. The highest BCUT2D eigenvalue weighted by atomic mass is 16.4. The SMILES string of the molecule is NCCCCC(N)C(=O)NC(Cc1ccc(O)cc1)C(=O)NC(Cc1cnc[nH]1)C(=O)NC(CC(N)=O)C(=O)O. The summed E-state index contributed by atoms with van der Waals surface area (Å²) in [6.07, 6.45) is 3.63. The van der Waals surface area contributed by atoms with Gasteiger partial charge in [0.2, 0.25) is 23.6 Å². The van der Waals surface area contributed by atoms with Gasteiger partial charge in [-0.2, -0.15) is 0 Å². The van der Waals surface area contributed by atoms with E-state index in [4.69, 9.17) is 17.2 Å². The van der Waals surface area contributed by atoms with E-state index in [-0.39, 0.29) is 18.6 Å². The lowest BCUT2D eigenvalue weighted by Gasteiger charge is -2.25. The topological polar surface area (TPSA) is 269 Å². The summed E-state index contributed by atoms with van der Waals surface area (Å²) in [6.45, 7) is 0.447. The Labute approximate surface area is 230 Å². The number of rotatable bonds is 17. The molecule has 2 rings (SSSR count). The molecule has 1 aromatic carbocycles. The van der Waals surface area contributed by atoms with Gasteiger partial charge in [0.25, 0.3) is 0 Å². The molecule has 0 saturated heterocycles. The van der Waals surface area contributed by atoms with Crippen LogP contribution in [0.15, 0.2) is 36.8 Å². The summed E-state index contributed by atoms with van der Waals surface area (Å²) in [6, 6.07) is 0.947. The number of aromatic amines is 1. The van der Waals surface area contributed by atoms with Gasteiger partial charge in [0.1, 0.15) is 23.9 Å². The Morgan fingerprint density at radius 2 is 1.50 bits per heavy atom. The van der Waals surface area contributed by atoms with Crippen molar-refractivity contribution >= 4 is 29.6 Å². The molecular formula is C25H36N8O7. The number of H-pyrrole nitrogens is 1. The maximum absolute atomic E-state index is 13.4. The fourth-order valence-electron chi connectivity index (χ4n) is 3.77. The normalized spacial score (nSPS) is 13.8. The number of unbranched alkanes of at least 4 members (excludes halogenated alkanes) is 1. The van der Waals surface area contributed by atoms with Gasteiger partial charge in [0.05, 0.1) is 18.8 Å². The zero-order valence-corrected chi connectivity index (χ0v) is 21.8. The molecule has 0 spiro atoms. The van der Waals surface area contributed by atoms with E-state index in [0.717, 1.165) is 0 Å². The first-order valence-electron chi connectivity index (χ1n) is 12.6. The van der Waals surface area contributed by atoms with Gasteiger partial charge in [-0.05, 0) is 37.1 Å². The van der Waals surface area contributed by atoms with Crippen LogP contribution in [0.3, 0.4) is 0 Å². The molecule has 12 N–H and O–H groups in total. The number of amides is 4. The molecule has 0 aliphatic carbocycles. The van der Waals surface area contributed by atoms with Crippen molar-refractivity contribution in [1.82, 2.24) is 25.9 Å². The number of benzene rings is 1. The van der Waals surface area contributed by atoms with Crippen molar-refractivity contribution in [3.63, 3.8) is 0 Å². The monoisotopic (exact) mass is 560 g/mol. The number of nitrogens with zero attached hydrogens (tertiary/aromatic N) is 1. The van der Waals surface area contributed by atoms with Gasteiger partial charge >= 0.3 is 5.97 Å². The molecule has 40 heavy (non-hydrogen) atoms. The lowest BCUT2D eigenvalue weighted by molar-refractivity contribution is -0.143. The number of nitrogens with two attached hydrogens (primary N) is 3. The van der Waals surface area contributed by atoms with E-state index in [1.165, 1.54) is 24.7 Å². The molecule has 0 aliphatic rings. The van der Waals surface area contributed by atoms with Crippen LogP contribution in [0.1, 0.15) is 36.9 Å². The number of phenols is 1. The molecule has 1 aromatic heterocycles. The van der Waals surface area contributed by atoms with Crippen LogP contribution in [-0.2, 0) is 36.8 Å². The van der Waals surface area contributed by atoms with Crippen molar-refractivity contribution < 1.29 is 34.2 Å². The van der Waals surface area contributed by atoms with Crippen LogP contribution in [0, 0.1) is 0 Å². The molecule has 2 aromatic rings. The average Bonchev–Trinajstić information content (AvgIpc) is 3.41. The van der Waals surface area contributed by atoms with Gasteiger partial charge in [0.15, 0.2) is 0 Å². The molecule has 4 atom stereocenters. The fourth-order valence-corrected chi connectivity index (χ4v) is 3.77. The second-order valence-electron chi connectivity index (χ2n) is 9.23. The number of aromatic hydroxyl groups is 1. The summed E-state index contributed by atoms with van der Waals surface area (Å²) >= 11 is 0. The molecule has 4 unspecified atom stereocenters. The number of hydrogen-bond acceptors (Lipinski definition) is 9. The van der Waals surface area contributed by atoms with Crippen LogP contribution in [0.5, 0.6) is 5.75 Å². The number of carboxylic acid groups (broad SMARTS) is 1. The van der Waals surface area contributed by atoms with E-state index in [2.05, 4.69) is 25.9 Å². The number of hydrogen-bond donors (Lipinski definition) is 9. The van der Waals surface area contributed by atoms with Crippen LogP contribution >= 0.6 is 0 Å². The van der Waals surface area contributed by atoms with Crippen molar-refractivity contribution in [2.75, 3.05) is 6.54 Å². The number of imidazole rings is 1. The van der Waals surface area contributed by atoms with E-state index >= 15 is 0 Å². The van der Waals surface area contributed by atoms with E-state index < -0.39 is 60.2 Å². The molecule has 15 nitrogen and oxygen atoms in total. The summed E-state index contributed by atoms with van der Waals surface area (Å²) < 4.78 is 0. The van der Waals surface area contributed by atoms with Gasteiger partial charge in [0, 0.05) is 24.7 Å². The van der Waals surface area contributed by atoms with Crippen molar-refractivity contribution in [2.24, 2.45) is 17.2 Å². The van der Waals surface area contributed by atoms with E-state index in [1.807, 2.05) is 0 Å². The Bertz CT molecular complexity index is 1140. The maximum atomic E-state index is 13.4. The Balaban J connectivity index is 2.26. The summed E-state index contributed by atoms with van der Waals surface area (Å²) in [7, 11) is 0. The molecule has 1 heterocycles. The minimum atomic E-state index is -1.62. The lowest BCUT2D eigenvalue weighted by Crippen LogP contribution is -2.58.